The molecule has 160 valence electrons. The Kier molecular flexibility index (Phi) is 6.27. The number of carbonyl (C=O) groups is 2. The number of ether oxygens (including phenoxy) is 1. The van der Waals surface area contributed by atoms with E-state index in [0.717, 1.165) is 5.56 Å². The molecular formula is C25H21N3O4. The molecule has 0 aliphatic carbocycles. The normalized spacial score (nSPS) is 10.4. The summed E-state index contributed by atoms with van der Waals surface area (Å²) in [6.07, 6.45) is 1.48. The molecule has 0 saturated carbocycles. The molecule has 7 nitrogen and oxygen atoms in total. The summed E-state index contributed by atoms with van der Waals surface area (Å²) in [6.45, 7) is 0. The maximum Gasteiger partial charge on any atom is 0.257 e. The Morgan fingerprint density at radius 3 is 2.53 bits per heavy atom. The second kappa shape index (κ2) is 9.61. The zero-order valence-corrected chi connectivity index (χ0v) is 17.4. The van der Waals surface area contributed by atoms with E-state index in [-0.39, 0.29) is 18.2 Å². The predicted octanol–water partition coefficient (Wildman–Crippen LogP) is 4.78. The fraction of sp³-hybridized carbons (Fsp3) is 0.0800. The molecule has 0 fully saturated rings. The van der Waals surface area contributed by atoms with Crippen molar-refractivity contribution < 1.29 is 18.7 Å². The third kappa shape index (κ3) is 5.02. The molecule has 1 aromatic heterocycles. The van der Waals surface area contributed by atoms with Gasteiger partial charge in [-0.1, -0.05) is 36.4 Å². The van der Waals surface area contributed by atoms with Crippen LogP contribution in [-0.2, 0) is 11.2 Å². The van der Waals surface area contributed by atoms with Crippen molar-refractivity contribution in [1.82, 2.24) is 4.98 Å². The Morgan fingerprint density at radius 1 is 0.938 bits per heavy atom. The minimum Gasteiger partial charge on any atom is -0.497 e. The van der Waals surface area contributed by atoms with Gasteiger partial charge in [0.15, 0.2) is 0 Å². The lowest BCUT2D eigenvalue weighted by Gasteiger charge is -2.11. The predicted molar refractivity (Wildman–Crippen MR) is 122 cm³/mol. The zero-order chi connectivity index (χ0) is 22.3. The number of oxazole rings is 1. The number of aromatic nitrogens is 1. The van der Waals surface area contributed by atoms with Gasteiger partial charge in [0.1, 0.15) is 12.0 Å². The number of para-hydroxylation sites is 1. The molecule has 2 amide bonds. The van der Waals surface area contributed by atoms with Crippen LogP contribution in [0.15, 0.2) is 89.5 Å². The lowest BCUT2D eigenvalue weighted by Crippen LogP contribution is -2.19. The van der Waals surface area contributed by atoms with Crippen LogP contribution in [0.4, 0.5) is 11.4 Å². The Bertz CT molecular complexity index is 1230. The number of carbonyl (C=O) groups excluding carboxylic acids is 2. The number of hydrogen-bond donors (Lipinski definition) is 2. The Balaban J connectivity index is 1.44. The highest BCUT2D eigenvalue weighted by molar-refractivity contribution is 6.10. The van der Waals surface area contributed by atoms with E-state index < -0.39 is 0 Å². The van der Waals surface area contributed by atoms with Gasteiger partial charge in [0, 0.05) is 17.3 Å². The van der Waals surface area contributed by atoms with Crippen molar-refractivity contribution in [2.45, 2.75) is 6.42 Å². The number of anilines is 2. The molecule has 4 aromatic rings. The molecule has 32 heavy (non-hydrogen) atoms. The third-order valence-corrected chi connectivity index (χ3v) is 4.69. The minimum absolute atomic E-state index is 0.0160. The monoisotopic (exact) mass is 427 g/mol. The molecule has 0 aliphatic rings. The summed E-state index contributed by atoms with van der Waals surface area (Å²) >= 11 is 0. The van der Waals surface area contributed by atoms with Crippen LogP contribution >= 0.6 is 0 Å². The fourth-order valence-corrected chi connectivity index (χ4v) is 3.15. The molecule has 1 heterocycles. The maximum absolute atomic E-state index is 12.8. The second-order valence-electron chi connectivity index (χ2n) is 6.97. The van der Waals surface area contributed by atoms with E-state index in [1.165, 1.54) is 6.26 Å². The molecule has 0 radical (unpaired) electrons. The van der Waals surface area contributed by atoms with Crippen LogP contribution in [0, 0.1) is 0 Å². The van der Waals surface area contributed by atoms with Gasteiger partial charge in [0.25, 0.3) is 5.91 Å². The number of methoxy groups -OCH3 is 1. The van der Waals surface area contributed by atoms with Gasteiger partial charge < -0.3 is 19.8 Å². The number of nitrogens with zero attached hydrogens (tertiary/aromatic N) is 1. The van der Waals surface area contributed by atoms with Crippen LogP contribution in [0.25, 0.3) is 11.5 Å². The van der Waals surface area contributed by atoms with Crippen molar-refractivity contribution in [1.29, 1.82) is 0 Å². The van der Waals surface area contributed by atoms with Gasteiger partial charge in [-0.2, -0.15) is 0 Å². The first-order valence-corrected chi connectivity index (χ1v) is 9.96. The van der Waals surface area contributed by atoms with E-state index >= 15 is 0 Å². The SMILES string of the molecule is COc1cccc(NC(=O)c2ccccc2NC(=O)Cc2coc(-c3ccccc3)n2)c1. The summed E-state index contributed by atoms with van der Waals surface area (Å²) in [5.41, 5.74) is 2.67. The highest BCUT2D eigenvalue weighted by Crippen LogP contribution is 2.21. The van der Waals surface area contributed by atoms with Crippen molar-refractivity contribution >= 4 is 23.2 Å². The minimum atomic E-state index is -0.345. The molecule has 0 spiro atoms. The van der Waals surface area contributed by atoms with Gasteiger partial charge in [-0.25, -0.2) is 4.98 Å². The first-order chi connectivity index (χ1) is 15.6. The van der Waals surface area contributed by atoms with Gasteiger partial charge in [-0.15, -0.1) is 0 Å². The van der Waals surface area contributed by atoms with E-state index in [1.54, 1.807) is 55.6 Å². The van der Waals surface area contributed by atoms with Gasteiger partial charge in [-0.3, -0.25) is 9.59 Å². The van der Waals surface area contributed by atoms with Gasteiger partial charge in [-0.05, 0) is 36.4 Å². The van der Waals surface area contributed by atoms with Crippen LogP contribution in [0.1, 0.15) is 16.1 Å². The first-order valence-electron chi connectivity index (χ1n) is 9.96. The van der Waals surface area contributed by atoms with Gasteiger partial charge >= 0.3 is 0 Å². The molecule has 0 unspecified atom stereocenters. The maximum atomic E-state index is 12.8. The van der Waals surface area contributed by atoms with Crippen LogP contribution in [0.5, 0.6) is 5.75 Å². The number of rotatable bonds is 7. The lowest BCUT2D eigenvalue weighted by molar-refractivity contribution is -0.115. The molecule has 0 aliphatic heterocycles. The molecule has 0 bridgehead atoms. The Labute approximate surface area is 185 Å². The fourth-order valence-electron chi connectivity index (χ4n) is 3.15. The van der Waals surface area contributed by atoms with E-state index in [4.69, 9.17) is 9.15 Å². The van der Waals surface area contributed by atoms with E-state index in [2.05, 4.69) is 15.6 Å². The topological polar surface area (TPSA) is 93.5 Å². The van der Waals surface area contributed by atoms with Crippen molar-refractivity contribution in [2.75, 3.05) is 17.7 Å². The summed E-state index contributed by atoms with van der Waals surface area (Å²) in [5, 5.41) is 5.61. The van der Waals surface area contributed by atoms with E-state index in [9.17, 15) is 9.59 Å². The smallest absolute Gasteiger partial charge is 0.257 e. The summed E-state index contributed by atoms with van der Waals surface area (Å²) in [4.78, 5) is 29.8. The van der Waals surface area contributed by atoms with Crippen molar-refractivity contribution in [2.24, 2.45) is 0 Å². The van der Waals surface area contributed by atoms with Crippen LogP contribution in [0.3, 0.4) is 0 Å². The highest BCUT2D eigenvalue weighted by Gasteiger charge is 2.15. The van der Waals surface area contributed by atoms with Crippen LogP contribution in [-0.4, -0.2) is 23.9 Å². The number of benzene rings is 3. The largest absolute Gasteiger partial charge is 0.497 e. The van der Waals surface area contributed by atoms with Gasteiger partial charge in [0.05, 0.1) is 30.5 Å². The Morgan fingerprint density at radius 2 is 1.72 bits per heavy atom. The lowest BCUT2D eigenvalue weighted by atomic mass is 10.1. The standard InChI is InChI=1S/C25H21N3O4/c1-31-20-11-7-10-18(14-20)26-24(30)21-12-5-6-13-22(21)28-23(29)15-19-16-32-25(27-19)17-8-3-2-4-9-17/h2-14,16H,15H2,1H3,(H,26,30)(H,28,29). The van der Waals surface area contributed by atoms with Crippen molar-refractivity contribution in [3.8, 4) is 17.2 Å². The zero-order valence-electron chi connectivity index (χ0n) is 17.4. The average Bonchev–Trinajstić information content (AvgIpc) is 3.28. The van der Waals surface area contributed by atoms with Gasteiger partial charge in [0.2, 0.25) is 11.8 Å². The van der Waals surface area contributed by atoms with Crippen LogP contribution in [0.2, 0.25) is 0 Å². The quantitative estimate of drug-likeness (QED) is 0.443. The number of nitrogens with one attached hydrogen (secondary N) is 2. The summed E-state index contributed by atoms with van der Waals surface area (Å²) in [7, 11) is 1.56. The van der Waals surface area contributed by atoms with E-state index in [1.807, 2.05) is 30.3 Å². The first kappa shape index (κ1) is 20.9. The highest BCUT2D eigenvalue weighted by atomic mass is 16.5. The molecule has 4 rings (SSSR count). The molecule has 0 saturated heterocycles. The van der Waals surface area contributed by atoms with E-state index in [0.29, 0.717) is 34.3 Å². The number of amides is 2. The summed E-state index contributed by atoms with van der Waals surface area (Å²) < 4.78 is 10.7. The Hall–Kier alpha value is -4.39. The van der Waals surface area contributed by atoms with Crippen molar-refractivity contribution in [3.63, 3.8) is 0 Å². The molecular weight excluding hydrogens is 406 g/mol. The average molecular weight is 427 g/mol. The summed E-state index contributed by atoms with van der Waals surface area (Å²) in [5.74, 6) is 0.430. The molecule has 7 heteroatoms. The third-order valence-electron chi connectivity index (χ3n) is 4.69. The molecule has 3 aromatic carbocycles. The number of hydrogen-bond acceptors (Lipinski definition) is 5. The van der Waals surface area contributed by atoms with Crippen LogP contribution < -0.4 is 15.4 Å². The summed E-state index contributed by atoms with van der Waals surface area (Å²) in [6, 6.07) is 23.3. The second-order valence-corrected chi connectivity index (χ2v) is 6.97. The van der Waals surface area contributed by atoms with Crippen molar-refractivity contribution in [3.05, 3.63) is 96.4 Å². The molecule has 2 N–H and O–H groups in total. The molecule has 0 atom stereocenters.